The first kappa shape index (κ1) is 20.9. The van der Waals surface area contributed by atoms with E-state index in [1.807, 2.05) is 14.1 Å². The summed E-state index contributed by atoms with van der Waals surface area (Å²) in [6.45, 7) is 1.54. The van der Waals surface area contributed by atoms with Crippen LogP contribution in [0.2, 0.25) is 0 Å². The van der Waals surface area contributed by atoms with E-state index in [0.717, 1.165) is 13.0 Å². The minimum atomic E-state index is -0.559. The Kier molecular flexibility index (Phi) is 6.71. The molecule has 10 nitrogen and oxygen atoms in total. The van der Waals surface area contributed by atoms with Gasteiger partial charge in [0.05, 0.1) is 11.5 Å². The van der Waals surface area contributed by atoms with Crippen molar-refractivity contribution in [3.05, 3.63) is 70.8 Å². The van der Waals surface area contributed by atoms with E-state index in [0.29, 0.717) is 18.0 Å². The summed E-state index contributed by atoms with van der Waals surface area (Å²) in [5.41, 5.74) is 0.706. The third-order valence-electron chi connectivity index (χ3n) is 4.23. The van der Waals surface area contributed by atoms with E-state index in [4.69, 9.17) is 4.74 Å². The average Bonchev–Trinajstić information content (AvgIpc) is 3.26. The maximum Gasteiger partial charge on any atom is 0.295 e. The number of carbonyl (C=O) groups is 1. The number of benzene rings is 2. The van der Waals surface area contributed by atoms with Crippen LogP contribution in [-0.4, -0.2) is 57.7 Å². The first-order valence-corrected chi connectivity index (χ1v) is 9.26. The Hall–Kier alpha value is -3.79. The number of nitro groups is 1. The van der Waals surface area contributed by atoms with Gasteiger partial charge in [0.2, 0.25) is 0 Å². The quantitative estimate of drug-likeness (QED) is 0.328. The monoisotopic (exact) mass is 410 g/mol. The number of carbonyl (C=O) groups excluding carboxylic acids is 1. The number of amides is 1. The summed E-state index contributed by atoms with van der Waals surface area (Å²) < 4.78 is 6.94. The maximum atomic E-state index is 12.5. The number of aromatic nitrogens is 3. The molecule has 0 saturated heterocycles. The fourth-order valence-electron chi connectivity index (χ4n) is 2.75. The van der Waals surface area contributed by atoms with Crippen molar-refractivity contribution in [1.29, 1.82) is 0 Å². The van der Waals surface area contributed by atoms with E-state index in [2.05, 4.69) is 20.3 Å². The van der Waals surface area contributed by atoms with Gasteiger partial charge in [-0.3, -0.25) is 14.9 Å². The molecule has 10 heteroatoms. The molecule has 3 aromatic rings. The summed E-state index contributed by atoms with van der Waals surface area (Å²) in [4.78, 5) is 29.3. The summed E-state index contributed by atoms with van der Waals surface area (Å²) in [5, 5.41) is 18.1. The van der Waals surface area contributed by atoms with E-state index in [-0.39, 0.29) is 16.9 Å². The molecule has 0 saturated carbocycles. The van der Waals surface area contributed by atoms with Crippen LogP contribution < -0.4 is 10.1 Å². The molecule has 3 rings (SSSR count). The Morgan fingerprint density at radius 2 is 2.00 bits per heavy atom. The smallest absolute Gasteiger partial charge is 0.295 e. The predicted octanol–water partition coefficient (Wildman–Crippen LogP) is 2.76. The molecule has 1 aromatic heterocycles. The number of hydrogen-bond donors (Lipinski definition) is 1. The van der Waals surface area contributed by atoms with E-state index in [9.17, 15) is 14.9 Å². The summed E-state index contributed by atoms with van der Waals surface area (Å²) in [5.74, 6) is 0.252. The molecule has 30 heavy (non-hydrogen) atoms. The highest BCUT2D eigenvalue weighted by molar-refractivity contribution is 6.04. The fourth-order valence-corrected chi connectivity index (χ4v) is 2.75. The second kappa shape index (κ2) is 9.61. The molecular formula is C20H22N6O4. The minimum Gasteiger partial charge on any atom is -0.494 e. The van der Waals surface area contributed by atoms with Gasteiger partial charge in [-0.25, -0.2) is 9.67 Å². The molecule has 0 spiro atoms. The van der Waals surface area contributed by atoms with Gasteiger partial charge >= 0.3 is 0 Å². The molecule has 156 valence electrons. The van der Waals surface area contributed by atoms with E-state index in [1.54, 1.807) is 24.3 Å². The Balaban J connectivity index is 1.65. The largest absolute Gasteiger partial charge is 0.494 e. The molecule has 0 unspecified atom stereocenters. The second-order valence-electron chi connectivity index (χ2n) is 6.78. The van der Waals surface area contributed by atoms with Crippen molar-refractivity contribution in [2.75, 3.05) is 32.6 Å². The zero-order valence-electron chi connectivity index (χ0n) is 16.7. The van der Waals surface area contributed by atoms with Gasteiger partial charge in [0.1, 0.15) is 24.1 Å². The third-order valence-corrected chi connectivity index (χ3v) is 4.23. The topological polar surface area (TPSA) is 115 Å². The van der Waals surface area contributed by atoms with Gasteiger partial charge in [0.25, 0.3) is 11.6 Å². The van der Waals surface area contributed by atoms with Crippen LogP contribution in [0.5, 0.6) is 5.75 Å². The zero-order valence-corrected chi connectivity index (χ0v) is 16.7. The standard InChI is InChI=1S/C20H22N6O4/c1-24(2)10-3-11-30-17-7-5-16(6-8-17)23-20(27)15-4-9-18(19(12-15)26(28)29)25-14-21-13-22-25/h4-9,12-14H,3,10-11H2,1-2H3,(H,23,27). The Bertz CT molecular complexity index is 1000. The molecule has 0 atom stereocenters. The Morgan fingerprint density at radius 1 is 1.23 bits per heavy atom. The summed E-state index contributed by atoms with van der Waals surface area (Å²) >= 11 is 0. The van der Waals surface area contributed by atoms with Crippen molar-refractivity contribution < 1.29 is 14.5 Å². The van der Waals surface area contributed by atoms with Crippen molar-refractivity contribution >= 4 is 17.3 Å². The highest BCUT2D eigenvalue weighted by atomic mass is 16.6. The molecule has 1 heterocycles. The van der Waals surface area contributed by atoms with Gasteiger partial charge in [-0.15, -0.1) is 0 Å². The minimum absolute atomic E-state index is 0.162. The van der Waals surface area contributed by atoms with Gasteiger partial charge in [-0.2, -0.15) is 5.10 Å². The zero-order chi connectivity index (χ0) is 21.5. The normalized spacial score (nSPS) is 10.8. The average molecular weight is 410 g/mol. The molecule has 0 bridgehead atoms. The van der Waals surface area contributed by atoms with Crippen LogP contribution in [0.15, 0.2) is 55.1 Å². The lowest BCUT2D eigenvalue weighted by Crippen LogP contribution is -2.15. The van der Waals surface area contributed by atoms with Crippen LogP contribution >= 0.6 is 0 Å². The molecule has 0 aliphatic heterocycles. The lowest BCUT2D eigenvalue weighted by atomic mass is 10.1. The molecule has 0 radical (unpaired) electrons. The number of nitro benzene ring substituents is 1. The second-order valence-corrected chi connectivity index (χ2v) is 6.78. The first-order valence-electron chi connectivity index (χ1n) is 9.26. The van der Waals surface area contributed by atoms with Crippen molar-refractivity contribution in [2.24, 2.45) is 0 Å². The number of anilines is 1. The van der Waals surface area contributed by atoms with Gasteiger partial charge in [-0.05, 0) is 56.9 Å². The highest BCUT2D eigenvalue weighted by Crippen LogP contribution is 2.24. The molecule has 1 amide bonds. The van der Waals surface area contributed by atoms with Crippen molar-refractivity contribution in [2.45, 2.75) is 6.42 Å². The lowest BCUT2D eigenvalue weighted by molar-refractivity contribution is -0.384. The van der Waals surface area contributed by atoms with Crippen LogP contribution in [-0.2, 0) is 0 Å². The lowest BCUT2D eigenvalue weighted by Gasteiger charge is -2.11. The SMILES string of the molecule is CN(C)CCCOc1ccc(NC(=O)c2ccc(-n3cncn3)c([N+](=O)[O-])c2)cc1. The van der Waals surface area contributed by atoms with E-state index in [1.165, 1.54) is 35.5 Å². The summed E-state index contributed by atoms with van der Waals surface area (Å²) in [6, 6.07) is 11.2. The molecular weight excluding hydrogens is 388 g/mol. The van der Waals surface area contributed by atoms with Crippen molar-refractivity contribution in [1.82, 2.24) is 19.7 Å². The number of ether oxygens (including phenoxy) is 1. The number of nitrogens with zero attached hydrogens (tertiary/aromatic N) is 5. The highest BCUT2D eigenvalue weighted by Gasteiger charge is 2.19. The van der Waals surface area contributed by atoms with E-state index >= 15 is 0 Å². The molecule has 0 fully saturated rings. The summed E-state index contributed by atoms with van der Waals surface area (Å²) in [7, 11) is 4.02. The number of rotatable bonds is 9. The van der Waals surface area contributed by atoms with Crippen molar-refractivity contribution in [3.8, 4) is 11.4 Å². The molecule has 1 N–H and O–H groups in total. The molecule has 0 aliphatic carbocycles. The Morgan fingerprint density at radius 3 is 2.63 bits per heavy atom. The number of hydrogen-bond acceptors (Lipinski definition) is 7. The predicted molar refractivity (Wildman–Crippen MR) is 111 cm³/mol. The number of nitrogens with one attached hydrogen (secondary N) is 1. The van der Waals surface area contributed by atoms with Gasteiger partial charge in [0, 0.05) is 23.9 Å². The van der Waals surface area contributed by atoms with E-state index < -0.39 is 10.8 Å². The molecule has 0 aliphatic rings. The van der Waals surface area contributed by atoms with Crippen LogP contribution in [0.4, 0.5) is 11.4 Å². The van der Waals surface area contributed by atoms with Crippen LogP contribution in [0.3, 0.4) is 0 Å². The summed E-state index contributed by atoms with van der Waals surface area (Å²) in [6.07, 6.45) is 3.54. The van der Waals surface area contributed by atoms with Crippen LogP contribution in [0, 0.1) is 10.1 Å². The third kappa shape index (κ3) is 5.39. The molecule has 2 aromatic carbocycles. The van der Waals surface area contributed by atoms with Crippen molar-refractivity contribution in [3.63, 3.8) is 0 Å². The van der Waals surface area contributed by atoms with Gasteiger partial charge < -0.3 is 15.0 Å². The van der Waals surface area contributed by atoms with Crippen LogP contribution in [0.1, 0.15) is 16.8 Å². The maximum absolute atomic E-state index is 12.5. The first-order chi connectivity index (χ1) is 14.4. The van der Waals surface area contributed by atoms with Gasteiger partial charge in [-0.1, -0.05) is 0 Å². The van der Waals surface area contributed by atoms with Crippen LogP contribution in [0.25, 0.3) is 5.69 Å². The van der Waals surface area contributed by atoms with Gasteiger partial charge in [0.15, 0.2) is 0 Å². The Labute approximate surface area is 173 Å². The fraction of sp³-hybridized carbons (Fsp3) is 0.250.